The SMILES string of the molecule is Cc1nc(C(C)(C)NC(=O)[C@H]2CNC[C@@H]2c2cnn(C)c2)sc1C. The summed E-state index contributed by atoms with van der Waals surface area (Å²) in [4.78, 5) is 18.7. The Hall–Kier alpha value is -1.73. The summed E-state index contributed by atoms with van der Waals surface area (Å²) < 4.78 is 1.79. The van der Waals surface area contributed by atoms with Crippen LogP contribution in [0.3, 0.4) is 0 Å². The second kappa shape index (κ2) is 6.29. The van der Waals surface area contributed by atoms with Crippen molar-refractivity contribution in [1.82, 2.24) is 25.4 Å². The highest BCUT2D eigenvalue weighted by atomic mass is 32.1. The Morgan fingerprint density at radius 1 is 1.42 bits per heavy atom. The van der Waals surface area contributed by atoms with Gasteiger partial charge in [0.1, 0.15) is 5.01 Å². The van der Waals surface area contributed by atoms with Gasteiger partial charge >= 0.3 is 0 Å². The van der Waals surface area contributed by atoms with Crippen molar-refractivity contribution in [2.45, 2.75) is 39.2 Å². The number of aromatic nitrogens is 3. The lowest BCUT2D eigenvalue weighted by molar-refractivity contribution is -0.126. The number of nitrogens with one attached hydrogen (secondary N) is 2. The molecule has 2 aromatic rings. The average molecular weight is 347 g/mol. The lowest BCUT2D eigenvalue weighted by atomic mass is 9.89. The van der Waals surface area contributed by atoms with Crippen molar-refractivity contribution < 1.29 is 4.79 Å². The van der Waals surface area contributed by atoms with Gasteiger partial charge in [0, 0.05) is 37.1 Å². The summed E-state index contributed by atoms with van der Waals surface area (Å²) >= 11 is 1.65. The van der Waals surface area contributed by atoms with Gasteiger partial charge in [0.25, 0.3) is 0 Å². The molecule has 1 saturated heterocycles. The molecule has 0 radical (unpaired) electrons. The third-order valence-electron chi connectivity index (χ3n) is 4.70. The van der Waals surface area contributed by atoms with Gasteiger partial charge < -0.3 is 10.6 Å². The molecule has 1 fully saturated rings. The minimum absolute atomic E-state index is 0.0735. The maximum absolute atomic E-state index is 12.9. The number of carbonyl (C=O) groups excluding carboxylic acids is 1. The molecule has 7 heteroatoms. The molecular weight excluding hydrogens is 322 g/mol. The van der Waals surface area contributed by atoms with Gasteiger partial charge in [0.15, 0.2) is 0 Å². The van der Waals surface area contributed by atoms with Crippen LogP contribution in [0.2, 0.25) is 0 Å². The zero-order valence-corrected chi connectivity index (χ0v) is 15.7. The first-order chi connectivity index (χ1) is 11.3. The van der Waals surface area contributed by atoms with E-state index in [-0.39, 0.29) is 17.7 Å². The first-order valence-electron chi connectivity index (χ1n) is 8.23. The number of aryl methyl sites for hydroxylation is 3. The van der Waals surface area contributed by atoms with Gasteiger partial charge in [-0.05, 0) is 33.3 Å². The zero-order valence-electron chi connectivity index (χ0n) is 14.9. The molecule has 130 valence electrons. The number of thiazole rings is 1. The highest BCUT2D eigenvalue weighted by Gasteiger charge is 2.37. The normalized spacial score (nSPS) is 21.2. The molecule has 2 atom stereocenters. The molecule has 0 spiro atoms. The smallest absolute Gasteiger partial charge is 0.225 e. The maximum Gasteiger partial charge on any atom is 0.225 e. The van der Waals surface area contributed by atoms with E-state index in [1.165, 1.54) is 4.88 Å². The summed E-state index contributed by atoms with van der Waals surface area (Å²) in [6, 6.07) is 0. The van der Waals surface area contributed by atoms with Crippen LogP contribution >= 0.6 is 11.3 Å². The van der Waals surface area contributed by atoms with Crippen molar-refractivity contribution in [2.75, 3.05) is 13.1 Å². The van der Waals surface area contributed by atoms with Gasteiger partial charge in [0.2, 0.25) is 5.91 Å². The molecular formula is C17H25N5OS. The van der Waals surface area contributed by atoms with Gasteiger partial charge in [-0.2, -0.15) is 5.10 Å². The summed E-state index contributed by atoms with van der Waals surface area (Å²) in [7, 11) is 1.90. The third-order valence-corrected chi connectivity index (χ3v) is 6.10. The van der Waals surface area contributed by atoms with Gasteiger partial charge in [-0.25, -0.2) is 4.98 Å². The second-order valence-corrected chi connectivity index (χ2v) is 8.30. The molecule has 3 heterocycles. The number of carbonyl (C=O) groups is 1. The van der Waals surface area contributed by atoms with Crippen molar-refractivity contribution in [2.24, 2.45) is 13.0 Å². The standard InChI is InChI=1S/C17H25N5OS/c1-10-11(2)24-16(20-10)17(3,4)21-15(23)14-8-18-7-13(14)12-6-19-22(5)9-12/h6,9,13-14,18H,7-8H2,1-5H3,(H,21,23)/t13-,14+/m1/s1. The fourth-order valence-electron chi connectivity index (χ4n) is 3.13. The molecule has 3 rings (SSSR count). The molecule has 0 aliphatic carbocycles. The molecule has 1 aliphatic rings. The van der Waals surface area contributed by atoms with Crippen molar-refractivity contribution in [3.05, 3.63) is 33.5 Å². The van der Waals surface area contributed by atoms with Gasteiger partial charge in [0.05, 0.1) is 23.3 Å². The van der Waals surface area contributed by atoms with E-state index in [2.05, 4.69) is 27.6 Å². The molecule has 0 saturated carbocycles. The lowest BCUT2D eigenvalue weighted by Crippen LogP contribution is -2.45. The molecule has 6 nitrogen and oxygen atoms in total. The van der Waals surface area contributed by atoms with Crippen LogP contribution in [0.1, 0.15) is 40.9 Å². The maximum atomic E-state index is 12.9. The zero-order chi connectivity index (χ0) is 17.5. The van der Waals surface area contributed by atoms with Crippen LogP contribution in [0.5, 0.6) is 0 Å². The monoisotopic (exact) mass is 347 g/mol. The van der Waals surface area contributed by atoms with E-state index in [9.17, 15) is 4.79 Å². The largest absolute Gasteiger partial charge is 0.344 e. The minimum atomic E-state index is -0.469. The highest BCUT2D eigenvalue weighted by Crippen LogP contribution is 2.31. The first kappa shape index (κ1) is 17.1. The molecule has 2 N–H and O–H groups in total. The van der Waals surface area contributed by atoms with Gasteiger partial charge in [-0.1, -0.05) is 0 Å². The number of hydrogen-bond acceptors (Lipinski definition) is 5. The van der Waals surface area contributed by atoms with Crippen LogP contribution in [-0.4, -0.2) is 33.8 Å². The molecule has 24 heavy (non-hydrogen) atoms. The van der Waals surface area contributed by atoms with E-state index in [0.29, 0.717) is 6.54 Å². The fraction of sp³-hybridized carbons (Fsp3) is 0.588. The topological polar surface area (TPSA) is 71.8 Å². The minimum Gasteiger partial charge on any atom is -0.344 e. The van der Waals surface area contributed by atoms with E-state index in [1.807, 2.05) is 40.2 Å². The fourth-order valence-corrected chi connectivity index (χ4v) is 4.10. The van der Waals surface area contributed by atoms with Crippen LogP contribution in [0.25, 0.3) is 0 Å². The molecule has 0 unspecified atom stereocenters. The molecule has 0 aromatic carbocycles. The Bertz CT molecular complexity index is 728. The Morgan fingerprint density at radius 2 is 2.17 bits per heavy atom. The quantitative estimate of drug-likeness (QED) is 0.885. The number of nitrogens with zero attached hydrogens (tertiary/aromatic N) is 3. The summed E-state index contributed by atoms with van der Waals surface area (Å²) in [5, 5.41) is 11.7. The number of amides is 1. The molecule has 0 bridgehead atoms. The van der Waals surface area contributed by atoms with Crippen molar-refractivity contribution in [3.8, 4) is 0 Å². The van der Waals surface area contributed by atoms with Gasteiger partial charge in [-0.3, -0.25) is 9.48 Å². The Kier molecular flexibility index (Phi) is 4.48. The summed E-state index contributed by atoms with van der Waals surface area (Å²) in [5.74, 6) is 0.147. The Labute approximate surface area is 146 Å². The van der Waals surface area contributed by atoms with Crippen LogP contribution in [0, 0.1) is 19.8 Å². The van der Waals surface area contributed by atoms with Crippen molar-refractivity contribution >= 4 is 17.2 Å². The van der Waals surface area contributed by atoms with E-state index < -0.39 is 5.54 Å². The Balaban J connectivity index is 1.75. The highest BCUT2D eigenvalue weighted by molar-refractivity contribution is 7.11. The summed E-state index contributed by atoms with van der Waals surface area (Å²) in [6.45, 7) is 9.60. The van der Waals surface area contributed by atoms with Gasteiger partial charge in [-0.15, -0.1) is 11.3 Å². The average Bonchev–Trinajstić information content (AvgIpc) is 3.19. The van der Waals surface area contributed by atoms with Crippen LogP contribution in [0.15, 0.2) is 12.4 Å². The van der Waals surface area contributed by atoms with E-state index in [1.54, 1.807) is 16.0 Å². The predicted octanol–water partition coefficient (Wildman–Crippen LogP) is 1.85. The molecule has 1 amide bonds. The first-order valence-corrected chi connectivity index (χ1v) is 9.05. The van der Waals surface area contributed by atoms with Crippen molar-refractivity contribution in [1.29, 1.82) is 0 Å². The summed E-state index contributed by atoms with van der Waals surface area (Å²) in [6.07, 6.45) is 3.85. The van der Waals surface area contributed by atoms with E-state index in [4.69, 9.17) is 0 Å². The molecule has 2 aromatic heterocycles. The number of hydrogen-bond donors (Lipinski definition) is 2. The third kappa shape index (κ3) is 3.23. The van der Waals surface area contributed by atoms with E-state index >= 15 is 0 Å². The van der Waals surface area contributed by atoms with Crippen molar-refractivity contribution in [3.63, 3.8) is 0 Å². The second-order valence-electron chi connectivity index (χ2n) is 7.09. The predicted molar refractivity (Wildman–Crippen MR) is 95.1 cm³/mol. The lowest BCUT2D eigenvalue weighted by Gasteiger charge is -2.27. The van der Waals surface area contributed by atoms with Crippen LogP contribution < -0.4 is 10.6 Å². The molecule has 1 aliphatic heterocycles. The van der Waals surface area contributed by atoms with Crippen LogP contribution in [0.4, 0.5) is 0 Å². The van der Waals surface area contributed by atoms with E-state index in [0.717, 1.165) is 22.8 Å². The van der Waals surface area contributed by atoms with Crippen LogP contribution in [-0.2, 0) is 17.4 Å². The summed E-state index contributed by atoms with van der Waals surface area (Å²) in [5.41, 5.74) is 1.68. The number of rotatable bonds is 4. The Morgan fingerprint density at radius 3 is 2.75 bits per heavy atom.